The van der Waals surface area contributed by atoms with Gasteiger partial charge in [-0.05, 0) is 65.4 Å². The number of fused-ring (bicyclic) bond motifs is 1. The Balaban J connectivity index is 1.54. The summed E-state index contributed by atoms with van der Waals surface area (Å²) in [5.41, 5.74) is 4.91. The van der Waals surface area contributed by atoms with Crippen LogP contribution < -0.4 is 0 Å². The second-order valence-electron chi connectivity index (χ2n) is 8.50. The number of para-hydroxylation sites is 1. The van der Waals surface area contributed by atoms with Gasteiger partial charge in [0.05, 0.1) is 18.0 Å². The quantitative estimate of drug-likeness (QED) is 0.901. The highest BCUT2D eigenvalue weighted by Crippen LogP contribution is 2.41. The third-order valence-electron chi connectivity index (χ3n) is 6.92. The Hall–Kier alpha value is -1.69. The van der Waals surface area contributed by atoms with Gasteiger partial charge in [0.1, 0.15) is 0 Å². The number of piperidine rings is 2. The lowest BCUT2D eigenvalue weighted by molar-refractivity contribution is -0.0685. The van der Waals surface area contributed by atoms with Gasteiger partial charge in [-0.1, -0.05) is 18.2 Å². The van der Waals surface area contributed by atoms with E-state index in [1.807, 2.05) is 6.07 Å². The predicted molar refractivity (Wildman–Crippen MR) is 108 cm³/mol. The van der Waals surface area contributed by atoms with Gasteiger partial charge in [0.25, 0.3) is 0 Å². The zero-order chi connectivity index (χ0) is 19.0. The Morgan fingerprint density at radius 3 is 2.67 bits per heavy atom. The van der Waals surface area contributed by atoms with E-state index in [0.717, 1.165) is 50.4 Å². The summed E-state index contributed by atoms with van der Waals surface area (Å²) in [6.45, 7) is 8.79. The Labute approximate surface area is 162 Å². The summed E-state index contributed by atoms with van der Waals surface area (Å²) in [5.74, 6) is 0. The highest BCUT2D eigenvalue weighted by Gasteiger charge is 2.46. The van der Waals surface area contributed by atoms with E-state index in [1.165, 1.54) is 17.7 Å². The molecule has 4 rings (SSSR count). The number of aliphatic hydroxyl groups is 1. The standard InChI is InChI=1S/C22H32N4O/c1-17-20(18(2)26(23-17)19-8-5-4-6-9-19)14-25-13-11-22(16-27)10-7-12-24(3)21(22)15-25/h4-6,8-9,21,27H,7,10-16H2,1-3H3/t21-,22-/m1/s1. The van der Waals surface area contributed by atoms with Gasteiger partial charge < -0.3 is 10.0 Å². The summed E-state index contributed by atoms with van der Waals surface area (Å²) in [6, 6.07) is 10.8. The van der Waals surface area contributed by atoms with Crippen molar-refractivity contribution in [1.29, 1.82) is 0 Å². The van der Waals surface area contributed by atoms with Gasteiger partial charge in [0.2, 0.25) is 0 Å². The molecule has 5 heteroatoms. The largest absolute Gasteiger partial charge is 0.396 e. The molecule has 2 aliphatic heterocycles. The molecule has 2 aliphatic rings. The molecule has 0 spiro atoms. The maximum atomic E-state index is 10.1. The number of aryl methyl sites for hydroxylation is 1. The van der Waals surface area contributed by atoms with Gasteiger partial charge in [-0.2, -0.15) is 5.10 Å². The fraction of sp³-hybridized carbons (Fsp3) is 0.591. The first-order valence-corrected chi connectivity index (χ1v) is 10.2. The number of benzene rings is 1. The smallest absolute Gasteiger partial charge is 0.0648 e. The van der Waals surface area contributed by atoms with Crippen LogP contribution in [0.4, 0.5) is 0 Å². The van der Waals surface area contributed by atoms with Gasteiger partial charge in [-0.25, -0.2) is 4.68 Å². The number of hydrogen-bond acceptors (Lipinski definition) is 4. The predicted octanol–water partition coefficient (Wildman–Crippen LogP) is 2.77. The molecule has 0 radical (unpaired) electrons. The lowest BCUT2D eigenvalue weighted by Gasteiger charge is -2.53. The average molecular weight is 369 g/mol. The Kier molecular flexibility index (Phi) is 5.10. The van der Waals surface area contributed by atoms with Crippen molar-refractivity contribution >= 4 is 0 Å². The van der Waals surface area contributed by atoms with Gasteiger partial charge in [-0.15, -0.1) is 0 Å². The van der Waals surface area contributed by atoms with Crippen LogP contribution >= 0.6 is 0 Å². The highest BCUT2D eigenvalue weighted by molar-refractivity contribution is 5.37. The number of likely N-dealkylation sites (N-methyl/N-ethyl adjacent to an activating group) is 1. The number of rotatable bonds is 4. The van der Waals surface area contributed by atoms with Crippen molar-refractivity contribution in [2.75, 3.05) is 33.3 Å². The normalized spacial score (nSPS) is 26.9. The first-order valence-electron chi connectivity index (χ1n) is 10.2. The second kappa shape index (κ2) is 7.38. The van der Waals surface area contributed by atoms with Crippen LogP contribution in [0.2, 0.25) is 0 Å². The van der Waals surface area contributed by atoms with Crippen LogP contribution in [0.1, 0.15) is 36.2 Å². The van der Waals surface area contributed by atoms with E-state index in [2.05, 4.69) is 59.6 Å². The summed E-state index contributed by atoms with van der Waals surface area (Å²) < 4.78 is 2.07. The summed E-state index contributed by atoms with van der Waals surface area (Å²) in [7, 11) is 2.22. The molecule has 27 heavy (non-hydrogen) atoms. The zero-order valence-electron chi connectivity index (χ0n) is 16.9. The molecule has 3 heterocycles. The number of hydrogen-bond donors (Lipinski definition) is 1. The molecule has 2 fully saturated rings. The highest BCUT2D eigenvalue weighted by atomic mass is 16.3. The van der Waals surface area contributed by atoms with Crippen LogP contribution in [0.25, 0.3) is 5.69 Å². The van der Waals surface area contributed by atoms with E-state index < -0.39 is 0 Å². The number of aliphatic hydroxyl groups excluding tert-OH is 1. The van der Waals surface area contributed by atoms with E-state index in [4.69, 9.17) is 5.10 Å². The molecule has 5 nitrogen and oxygen atoms in total. The van der Waals surface area contributed by atoms with Gasteiger partial charge in [0.15, 0.2) is 0 Å². The molecule has 2 saturated heterocycles. The molecular formula is C22H32N4O. The number of aromatic nitrogens is 2. The lowest BCUT2D eigenvalue weighted by Crippen LogP contribution is -2.61. The van der Waals surface area contributed by atoms with Crippen molar-refractivity contribution in [3.63, 3.8) is 0 Å². The van der Waals surface area contributed by atoms with E-state index in [1.54, 1.807) is 0 Å². The molecule has 0 aliphatic carbocycles. The molecule has 146 valence electrons. The minimum absolute atomic E-state index is 0.0990. The Morgan fingerprint density at radius 2 is 1.93 bits per heavy atom. The van der Waals surface area contributed by atoms with Gasteiger partial charge >= 0.3 is 0 Å². The van der Waals surface area contributed by atoms with Crippen LogP contribution in [0.15, 0.2) is 30.3 Å². The summed E-state index contributed by atoms with van der Waals surface area (Å²) in [5, 5.41) is 14.9. The lowest BCUT2D eigenvalue weighted by atomic mass is 9.69. The van der Waals surface area contributed by atoms with Crippen LogP contribution in [-0.2, 0) is 6.54 Å². The van der Waals surface area contributed by atoms with Crippen molar-refractivity contribution in [2.24, 2.45) is 5.41 Å². The molecule has 0 amide bonds. The van der Waals surface area contributed by atoms with E-state index >= 15 is 0 Å². The fourth-order valence-electron chi connectivity index (χ4n) is 5.17. The fourth-order valence-corrected chi connectivity index (χ4v) is 5.17. The Bertz CT molecular complexity index is 787. The number of nitrogens with zero attached hydrogens (tertiary/aromatic N) is 4. The van der Waals surface area contributed by atoms with Crippen LogP contribution in [0.3, 0.4) is 0 Å². The average Bonchev–Trinajstić information content (AvgIpc) is 2.97. The van der Waals surface area contributed by atoms with Crippen LogP contribution in [0, 0.1) is 19.3 Å². The molecule has 0 unspecified atom stereocenters. The van der Waals surface area contributed by atoms with Crippen molar-refractivity contribution < 1.29 is 5.11 Å². The molecule has 2 aromatic rings. The van der Waals surface area contributed by atoms with E-state index in [0.29, 0.717) is 12.6 Å². The molecule has 2 atom stereocenters. The minimum atomic E-state index is 0.0990. The number of likely N-dealkylation sites (tertiary alicyclic amines) is 2. The van der Waals surface area contributed by atoms with Gasteiger partial charge in [0, 0.05) is 35.8 Å². The SMILES string of the molecule is Cc1nn(-c2ccccc2)c(C)c1CN1CC[C@@]2(CO)CCCN(C)[C@@H]2C1. The molecular weight excluding hydrogens is 336 g/mol. The summed E-state index contributed by atoms with van der Waals surface area (Å²) in [4.78, 5) is 5.03. The van der Waals surface area contributed by atoms with Crippen LogP contribution in [-0.4, -0.2) is 64.0 Å². The molecule has 1 aromatic heterocycles. The molecule has 0 bridgehead atoms. The Morgan fingerprint density at radius 1 is 1.15 bits per heavy atom. The maximum absolute atomic E-state index is 10.1. The van der Waals surface area contributed by atoms with Crippen molar-refractivity contribution in [3.05, 3.63) is 47.3 Å². The molecule has 1 aromatic carbocycles. The minimum Gasteiger partial charge on any atom is -0.396 e. The molecule has 1 N–H and O–H groups in total. The topological polar surface area (TPSA) is 44.5 Å². The van der Waals surface area contributed by atoms with Crippen LogP contribution in [0.5, 0.6) is 0 Å². The molecule has 0 saturated carbocycles. The zero-order valence-corrected chi connectivity index (χ0v) is 16.9. The third-order valence-corrected chi connectivity index (χ3v) is 6.92. The van der Waals surface area contributed by atoms with Crippen molar-refractivity contribution in [1.82, 2.24) is 19.6 Å². The maximum Gasteiger partial charge on any atom is 0.0648 e. The van der Waals surface area contributed by atoms with E-state index in [9.17, 15) is 5.11 Å². The summed E-state index contributed by atoms with van der Waals surface area (Å²) >= 11 is 0. The van der Waals surface area contributed by atoms with Gasteiger partial charge in [-0.3, -0.25) is 4.90 Å². The third kappa shape index (κ3) is 3.33. The van der Waals surface area contributed by atoms with Crippen molar-refractivity contribution in [3.8, 4) is 5.69 Å². The second-order valence-corrected chi connectivity index (χ2v) is 8.50. The summed E-state index contributed by atoms with van der Waals surface area (Å²) in [6.07, 6.45) is 3.45. The first kappa shape index (κ1) is 18.7. The monoisotopic (exact) mass is 368 g/mol. The van der Waals surface area contributed by atoms with E-state index in [-0.39, 0.29) is 5.41 Å². The first-order chi connectivity index (χ1) is 13.0. The van der Waals surface area contributed by atoms with Crippen molar-refractivity contribution in [2.45, 2.75) is 45.7 Å².